The van der Waals surface area contributed by atoms with Gasteiger partial charge in [-0.15, -0.1) is 0 Å². The second kappa shape index (κ2) is 7.18. The van der Waals surface area contributed by atoms with Crippen LogP contribution in [0, 0.1) is 13.8 Å². The molecule has 0 fully saturated rings. The fourth-order valence-electron chi connectivity index (χ4n) is 2.31. The smallest absolute Gasteiger partial charge is 0.226 e. The van der Waals surface area contributed by atoms with E-state index in [1.165, 1.54) is 0 Å². The maximum Gasteiger partial charge on any atom is 0.226 e. The Balaban J connectivity index is 1.99. The summed E-state index contributed by atoms with van der Waals surface area (Å²) >= 11 is 0. The van der Waals surface area contributed by atoms with Crippen LogP contribution in [0.15, 0.2) is 30.6 Å². The van der Waals surface area contributed by atoms with Gasteiger partial charge in [-0.3, -0.25) is 0 Å². The number of aromatic nitrogens is 4. The summed E-state index contributed by atoms with van der Waals surface area (Å²) in [6.45, 7) is 4.79. The molecule has 3 aromatic rings. The molecular formula is C17H20N6O. The molecule has 0 spiro atoms. The van der Waals surface area contributed by atoms with Gasteiger partial charge < -0.3 is 15.7 Å². The second-order valence-electron chi connectivity index (χ2n) is 5.57. The number of aliphatic hydroxyl groups excluding tert-OH is 1. The third kappa shape index (κ3) is 3.57. The summed E-state index contributed by atoms with van der Waals surface area (Å²) < 4.78 is 0. The van der Waals surface area contributed by atoms with E-state index >= 15 is 0 Å². The zero-order valence-electron chi connectivity index (χ0n) is 13.7. The highest BCUT2D eigenvalue weighted by Crippen LogP contribution is 2.25. The van der Waals surface area contributed by atoms with Crippen LogP contribution >= 0.6 is 0 Å². The fraction of sp³-hybridized carbons (Fsp3) is 0.294. The molecule has 2 heterocycles. The number of aliphatic hydroxyl groups is 1. The van der Waals surface area contributed by atoms with Gasteiger partial charge in [-0.05, 0) is 37.5 Å². The molecule has 24 heavy (non-hydrogen) atoms. The van der Waals surface area contributed by atoms with Gasteiger partial charge >= 0.3 is 0 Å². The molecular weight excluding hydrogens is 304 g/mol. The first kappa shape index (κ1) is 16.1. The van der Waals surface area contributed by atoms with Crippen LogP contribution in [0.4, 0.5) is 17.5 Å². The van der Waals surface area contributed by atoms with Crippen molar-refractivity contribution in [2.45, 2.75) is 20.3 Å². The summed E-state index contributed by atoms with van der Waals surface area (Å²) in [5, 5.41) is 15.4. The van der Waals surface area contributed by atoms with Crippen LogP contribution in [0.5, 0.6) is 0 Å². The lowest BCUT2D eigenvalue weighted by molar-refractivity contribution is 0.292. The monoisotopic (exact) mass is 324 g/mol. The largest absolute Gasteiger partial charge is 0.396 e. The van der Waals surface area contributed by atoms with Gasteiger partial charge in [0.1, 0.15) is 0 Å². The summed E-state index contributed by atoms with van der Waals surface area (Å²) in [6.07, 6.45) is 3.86. The lowest BCUT2D eigenvalue weighted by Crippen LogP contribution is -2.09. The van der Waals surface area contributed by atoms with Gasteiger partial charge in [0.25, 0.3) is 0 Å². The van der Waals surface area contributed by atoms with Crippen molar-refractivity contribution in [3.05, 3.63) is 41.7 Å². The molecule has 3 rings (SSSR count). The van der Waals surface area contributed by atoms with Crippen molar-refractivity contribution in [3.8, 4) is 0 Å². The van der Waals surface area contributed by atoms with E-state index in [-0.39, 0.29) is 6.61 Å². The Kier molecular flexibility index (Phi) is 4.81. The van der Waals surface area contributed by atoms with Crippen LogP contribution in [0.1, 0.15) is 17.5 Å². The lowest BCUT2D eigenvalue weighted by Gasteiger charge is -2.12. The van der Waals surface area contributed by atoms with Gasteiger partial charge in [-0.25, -0.2) is 9.97 Å². The van der Waals surface area contributed by atoms with E-state index in [2.05, 4.69) is 48.8 Å². The van der Waals surface area contributed by atoms with Crippen molar-refractivity contribution in [3.63, 3.8) is 0 Å². The third-order valence-electron chi connectivity index (χ3n) is 3.60. The molecule has 0 radical (unpaired) electrons. The third-order valence-corrected chi connectivity index (χ3v) is 3.60. The van der Waals surface area contributed by atoms with E-state index in [0.29, 0.717) is 35.9 Å². The van der Waals surface area contributed by atoms with Crippen molar-refractivity contribution in [2.75, 3.05) is 23.8 Å². The second-order valence-corrected chi connectivity index (χ2v) is 5.57. The van der Waals surface area contributed by atoms with Crippen LogP contribution in [0.2, 0.25) is 0 Å². The number of hydrogen-bond donors (Lipinski definition) is 3. The molecule has 0 aliphatic heterocycles. The molecule has 0 saturated carbocycles. The molecule has 0 saturated heterocycles. The topological polar surface area (TPSA) is 95.9 Å². The highest BCUT2D eigenvalue weighted by atomic mass is 16.3. The van der Waals surface area contributed by atoms with E-state index in [0.717, 1.165) is 16.8 Å². The van der Waals surface area contributed by atoms with Gasteiger partial charge in [0, 0.05) is 31.2 Å². The first-order valence-corrected chi connectivity index (χ1v) is 7.85. The molecule has 124 valence electrons. The molecule has 7 heteroatoms. The number of nitrogens with one attached hydrogen (secondary N) is 2. The maximum atomic E-state index is 8.91. The van der Waals surface area contributed by atoms with Gasteiger partial charge in [-0.1, -0.05) is 12.1 Å². The summed E-state index contributed by atoms with van der Waals surface area (Å²) in [5.74, 6) is 1.07. The average molecular weight is 324 g/mol. The molecule has 0 aliphatic rings. The highest BCUT2D eigenvalue weighted by Gasteiger charge is 2.11. The Hall–Kier alpha value is -2.80. The predicted octanol–water partition coefficient (Wildman–Crippen LogP) is 2.57. The Bertz CT molecular complexity index is 852. The molecule has 0 atom stereocenters. The molecule has 0 unspecified atom stereocenters. The minimum atomic E-state index is 0.119. The van der Waals surface area contributed by atoms with E-state index in [9.17, 15) is 0 Å². The summed E-state index contributed by atoms with van der Waals surface area (Å²) in [5.41, 5.74) is 4.39. The normalized spacial score (nSPS) is 10.8. The van der Waals surface area contributed by atoms with Crippen LogP contribution in [-0.4, -0.2) is 38.2 Å². The number of fused-ring (bicyclic) bond motifs is 1. The first-order chi connectivity index (χ1) is 11.7. The molecule has 1 aromatic carbocycles. The van der Waals surface area contributed by atoms with E-state index in [1.54, 1.807) is 12.4 Å². The SMILES string of the molecule is Cc1ccc(C)c(Nc2nc(NCCCO)nc3nccnc23)c1. The summed E-state index contributed by atoms with van der Waals surface area (Å²) in [4.78, 5) is 17.5. The maximum absolute atomic E-state index is 8.91. The minimum Gasteiger partial charge on any atom is -0.396 e. The standard InChI is InChI=1S/C17H20N6O/c1-11-4-5-12(2)13(10-11)21-16-14-15(19-8-7-18-14)22-17(23-16)20-6-3-9-24/h4-5,7-8,10,24H,3,6,9H2,1-2H3,(H2,19,20,21,22,23). The van der Waals surface area contributed by atoms with Crippen LogP contribution in [0.25, 0.3) is 11.2 Å². The van der Waals surface area contributed by atoms with Gasteiger partial charge in [0.15, 0.2) is 17.0 Å². The van der Waals surface area contributed by atoms with Gasteiger partial charge in [-0.2, -0.15) is 9.97 Å². The number of rotatable bonds is 6. The Morgan fingerprint density at radius 3 is 2.75 bits per heavy atom. The Morgan fingerprint density at radius 2 is 1.92 bits per heavy atom. The first-order valence-electron chi connectivity index (χ1n) is 7.85. The lowest BCUT2D eigenvalue weighted by atomic mass is 10.1. The van der Waals surface area contributed by atoms with E-state index < -0.39 is 0 Å². The van der Waals surface area contributed by atoms with Gasteiger partial charge in [0.2, 0.25) is 5.95 Å². The minimum absolute atomic E-state index is 0.119. The molecule has 7 nitrogen and oxygen atoms in total. The Labute approximate surface area is 140 Å². The van der Waals surface area contributed by atoms with Crippen molar-refractivity contribution in [2.24, 2.45) is 0 Å². The number of hydrogen-bond acceptors (Lipinski definition) is 7. The number of nitrogens with zero attached hydrogens (tertiary/aromatic N) is 4. The van der Waals surface area contributed by atoms with E-state index in [4.69, 9.17) is 5.11 Å². The summed E-state index contributed by atoms with van der Waals surface area (Å²) in [6, 6.07) is 6.20. The van der Waals surface area contributed by atoms with Crippen molar-refractivity contribution >= 4 is 28.6 Å². The van der Waals surface area contributed by atoms with Crippen molar-refractivity contribution in [1.29, 1.82) is 0 Å². The fourth-order valence-corrected chi connectivity index (χ4v) is 2.31. The Morgan fingerprint density at radius 1 is 1.08 bits per heavy atom. The summed E-state index contributed by atoms with van der Waals surface area (Å²) in [7, 11) is 0. The number of anilines is 3. The quantitative estimate of drug-likeness (QED) is 0.600. The zero-order chi connectivity index (χ0) is 16.9. The van der Waals surface area contributed by atoms with Crippen molar-refractivity contribution < 1.29 is 5.11 Å². The predicted molar refractivity (Wildman–Crippen MR) is 94.5 cm³/mol. The average Bonchev–Trinajstić information content (AvgIpc) is 2.58. The molecule has 0 amide bonds. The molecule has 2 aromatic heterocycles. The van der Waals surface area contributed by atoms with E-state index in [1.807, 2.05) is 13.8 Å². The van der Waals surface area contributed by atoms with Crippen LogP contribution < -0.4 is 10.6 Å². The molecule has 3 N–H and O–H groups in total. The molecule has 0 bridgehead atoms. The highest BCUT2D eigenvalue weighted by molar-refractivity contribution is 5.86. The van der Waals surface area contributed by atoms with Gasteiger partial charge in [0.05, 0.1) is 0 Å². The number of benzene rings is 1. The molecule has 0 aliphatic carbocycles. The van der Waals surface area contributed by atoms with Crippen LogP contribution in [0.3, 0.4) is 0 Å². The number of aryl methyl sites for hydroxylation is 2. The van der Waals surface area contributed by atoms with Crippen molar-refractivity contribution in [1.82, 2.24) is 19.9 Å². The zero-order valence-corrected chi connectivity index (χ0v) is 13.7. The van der Waals surface area contributed by atoms with Crippen LogP contribution in [-0.2, 0) is 0 Å².